The third-order valence-corrected chi connectivity index (χ3v) is 4.11. The predicted molar refractivity (Wildman–Crippen MR) is 89.3 cm³/mol. The number of hydrogen-bond donors (Lipinski definition) is 1. The van der Waals surface area contributed by atoms with Gasteiger partial charge in [-0.3, -0.25) is 0 Å². The highest BCUT2D eigenvalue weighted by atomic mass is 19.1. The van der Waals surface area contributed by atoms with Crippen molar-refractivity contribution in [3.8, 4) is 0 Å². The first-order chi connectivity index (χ1) is 10.5. The first-order valence-electron chi connectivity index (χ1n) is 8.24. The maximum absolute atomic E-state index is 13.0. The first kappa shape index (κ1) is 18.5. The Morgan fingerprint density at radius 3 is 2.41 bits per heavy atom. The lowest BCUT2D eigenvalue weighted by Gasteiger charge is -2.27. The van der Waals surface area contributed by atoms with Crippen molar-refractivity contribution in [1.82, 2.24) is 10.2 Å². The summed E-state index contributed by atoms with van der Waals surface area (Å²) >= 11 is 0. The van der Waals surface area contributed by atoms with Gasteiger partial charge in [-0.05, 0) is 38.0 Å². The standard InChI is InChI=1S/C18H29FN2O/c1-5-6-7-8-9-14(2)20-18(22)21(4)15(3)16-10-12-17(19)13-11-16/h10-15H,5-9H2,1-4H3,(H,20,22). The summed E-state index contributed by atoms with van der Waals surface area (Å²) in [6.07, 6.45) is 5.84. The highest BCUT2D eigenvalue weighted by Crippen LogP contribution is 2.19. The molecule has 1 rings (SSSR count). The molecule has 0 aliphatic heterocycles. The second-order valence-electron chi connectivity index (χ2n) is 6.04. The van der Waals surface area contributed by atoms with E-state index >= 15 is 0 Å². The van der Waals surface area contributed by atoms with Crippen molar-refractivity contribution in [2.24, 2.45) is 0 Å². The number of hydrogen-bond acceptors (Lipinski definition) is 1. The van der Waals surface area contributed by atoms with Crippen molar-refractivity contribution < 1.29 is 9.18 Å². The summed E-state index contributed by atoms with van der Waals surface area (Å²) in [6, 6.07) is 6.29. The topological polar surface area (TPSA) is 32.3 Å². The number of nitrogens with one attached hydrogen (secondary N) is 1. The van der Waals surface area contributed by atoms with E-state index in [-0.39, 0.29) is 23.9 Å². The smallest absolute Gasteiger partial charge is 0.317 e. The summed E-state index contributed by atoms with van der Waals surface area (Å²) in [5.41, 5.74) is 0.926. The molecule has 0 radical (unpaired) electrons. The van der Waals surface area contributed by atoms with Crippen LogP contribution in [0, 0.1) is 5.82 Å². The molecule has 3 nitrogen and oxygen atoms in total. The van der Waals surface area contributed by atoms with Gasteiger partial charge in [0.2, 0.25) is 0 Å². The molecule has 0 saturated heterocycles. The van der Waals surface area contributed by atoms with Crippen LogP contribution in [0.15, 0.2) is 24.3 Å². The Balaban J connectivity index is 2.44. The molecule has 0 saturated carbocycles. The van der Waals surface area contributed by atoms with Gasteiger partial charge in [-0.25, -0.2) is 9.18 Å². The van der Waals surface area contributed by atoms with E-state index < -0.39 is 0 Å². The van der Waals surface area contributed by atoms with Crippen molar-refractivity contribution in [3.05, 3.63) is 35.6 Å². The van der Waals surface area contributed by atoms with Crippen LogP contribution in [0.4, 0.5) is 9.18 Å². The highest BCUT2D eigenvalue weighted by Gasteiger charge is 2.18. The largest absolute Gasteiger partial charge is 0.336 e. The summed E-state index contributed by atoms with van der Waals surface area (Å²) in [7, 11) is 1.77. The Kier molecular flexibility index (Phi) is 7.92. The molecule has 4 heteroatoms. The molecule has 2 amide bonds. The van der Waals surface area contributed by atoms with Gasteiger partial charge in [0.05, 0.1) is 6.04 Å². The van der Waals surface area contributed by atoms with Crippen LogP contribution >= 0.6 is 0 Å². The van der Waals surface area contributed by atoms with E-state index in [1.165, 1.54) is 31.4 Å². The lowest BCUT2D eigenvalue weighted by Crippen LogP contribution is -2.42. The third kappa shape index (κ3) is 6.04. The molecule has 124 valence electrons. The van der Waals surface area contributed by atoms with Crippen molar-refractivity contribution in [2.75, 3.05) is 7.05 Å². The number of benzene rings is 1. The molecule has 2 atom stereocenters. The van der Waals surface area contributed by atoms with Crippen molar-refractivity contribution in [2.45, 2.75) is 65.0 Å². The fourth-order valence-corrected chi connectivity index (χ4v) is 2.40. The minimum atomic E-state index is -0.260. The summed E-state index contributed by atoms with van der Waals surface area (Å²) in [5, 5.41) is 3.03. The van der Waals surface area contributed by atoms with Gasteiger partial charge in [0, 0.05) is 13.1 Å². The molecular formula is C18H29FN2O. The third-order valence-electron chi connectivity index (χ3n) is 4.11. The van der Waals surface area contributed by atoms with Gasteiger partial charge in [-0.15, -0.1) is 0 Å². The van der Waals surface area contributed by atoms with E-state index in [0.717, 1.165) is 18.4 Å². The maximum atomic E-state index is 13.0. The minimum Gasteiger partial charge on any atom is -0.336 e. The number of rotatable bonds is 8. The first-order valence-corrected chi connectivity index (χ1v) is 8.24. The van der Waals surface area contributed by atoms with Gasteiger partial charge in [0.15, 0.2) is 0 Å². The van der Waals surface area contributed by atoms with Crippen LogP contribution in [0.1, 0.15) is 64.5 Å². The average molecular weight is 308 g/mol. The Morgan fingerprint density at radius 1 is 1.18 bits per heavy atom. The van der Waals surface area contributed by atoms with Gasteiger partial charge >= 0.3 is 6.03 Å². The van der Waals surface area contributed by atoms with E-state index in [9.17, 15) is 9.18 Å². The van der Waals surface area contributed by atoms with Crippen LogP contribution in [-0.2, 0) is 0 Å². The van der Waals surface area contributed by atoms with Gasteiger partial charge in [0.25, 0.3) is 0 Å². The van der Waals surface area contributed by atoms with Crippen LogP contribution in [0.5, 0.6) is 0 Å². The van der Waals surface area contributed by atoms with Crippen molar-refractivity contribution in [1.29, 1.82) is 0 Å². The fourth-order valence-electron chi connectivity index (χ4n) is 2.40. The molecule has 2 unspecified atom stereocenters. The summed E-state index contributed by atoms with van der Waals surface area (Å²) in [4.78, 5) is 13.9. The number of urea groups is 1. The molecule has 0 heterocycles. The Bertz CT molecular complexity index is 447. The van der Waals surface area contributed by atoms with Crippen LogP contribution in [0.2, 0.25) is 0 Å². The molecule has 0 aromatic heterocycles. The molecule has 0 aliphatic rings. The van der Waals surface area contributed by atoms with E-state index in [1.54, 1.807) is 24.1 Å². The number of carbonyl (C=O) groups is 1. The van der Waals surface area contributed by atoms with Crippen LogP contribution in [0.25, 0.3) is 0 Å². The summed E-state index contributed by atoms with van der Waals surface area (Å²) in [6.45, 7) is 6.18. The normalized spacial score (nSPS) is 13.5. The number of amides is 2. The van der Waals surface area contributed by atoms with Gasteiger partial charge in [-0.1, -0.05) is 44.7 Å². The Morgan fingerprint density at radius 2 is 1.82 bits per heavy atom. The molecule has 0 aliphatic carbocycles. The van der Waals surface area contributed by atoms with E-state index in [0.29, 0.717) is 0 Å². The summed E-state index contributed by atoms with van der Waals surface area (Å²) in [5.74, 6) is -0.260. The molecule has 0 fully saturated rings. The average Bonchev–Trinajstić information content (AvgIpc) is 2.50. The zero-order chi connectivity index (χ0) is 16.5. The highest BCUT2D eigenvalue weighted by molar-refractivity contribution is 5.74. The SMILES string of the molecule is CCCCCCC(C)NC(=O)N(C)C(C)c1ccc(F)cc1. The predicted octanol–water partition coefficient (Wildman–Crippen LogP) is 4.89. The van der Waals surface area contributed by atoms with Crippen molar-refractivity contribution in [3.63, 3.8) is 0 Å². The molecule has 0 spiro atoms. The minimum absolute atomic E-state index is 0.0835. The zero-order valence-corrected chi connectivity index (χ0v) is 14.2. The molecule has 1 aromatic rings. The van der Waals surface area contributed by atoms with Gasteiger partial charge in [-0.2, -0.15) is 0 Å². The number of halogens is 1. The Hall–Kier alpha value is -1.58. The molecular weight excluding hydrogens is 279 g/mol. The Labute approximate surface area is 133 Å². The van der Waals surface area contributed by atoms with Crippen LogP contribution in [0.3, 0.4) is 0 Å². The zero-order valence-electron chi connectivity index (χ0n) is 14.2. The number of nitrogens with zero attached hydrogens (tertiary/aromatic N) is 1. The lowest BCUT2D eigenvalue weighted by molar-refractivity contribution is 0.190. The second-order valence-corrected chi connectivity index (χ2v) is 6.04. The van der Waals surface area contributed by atoms with Crippen LogP contribution in [-0.4, -0.2) is 24.0 Å². The number of carbonyl (C=O) groups excluding carboxylic acids is 1. The maximum Gasteiger partial charge on any atom is 0.317 e. The molecule has 22 heavy (non-hydrogen) atoms. The molecule has 1 N–H and O–H groups in total. The van der Waals surface area contributed by atoms with Gasteiger partial charge in [0.1, 0.15) is 5.82 Å². The lowest BCUT2D eigenvalue weighted by atomic mass is 10.1. The van der Waals surface area contributed by atoms with Crippen LogP contribution < -0.4 is 5.32 Å². The van der Waals surface area contributed by atoms with Gasteiger partial charge < -0.3 is 10.2 Å². The molecule has 0 bridgehead atoms. The quantitative estimate of drug-likeness (QED) is 0.682. The van der Waals surface area contributed by atoms with E-state index in [2.05, 4.69) is 12.2 Å². The summed E-state index contributed by atoms with van der Waals surface area (Å²) < 4.78 is 13.0. The second kappa shape index (κ2) is 9.44. The molecule has 1 aromatic carbocycles. The van der Waals surface area contributed by atoms with E-state index in [4.69, 9.17) is 0 Å². The fraction of sp³-hybridized carbons (Fsp3) is 0.611. The monoisotopic (exact) mass is 308 g/mol. The number of unbranched alkanes of at least 4 members (excludes halogenated alkanes) is 3. The van der Waals surface area contributed by atoms with Crippen molar-refractivity contribution >= 4 is 6.03 Å². The van der Waals surface area contributed by atoms with E-state index in [1.807, 2.05) is 13.8 Å².